The van der Waals surface area contributed by atoms with Crippen LogP contribution in [0.25, 0.3) is 0 Å². The van der Waals surface area contributed by atoms with Crippen molar-refractivity contribution >= 4 is 27.4 Å². The van der Waals surface area contributed by atoms with Crippen molar-refractivity contribution in [1.82, 2.24) is 0 Å². The van der Waals surface area contributed by atoms with Gasteiger partial charge in [0, 0.05) is 4.88 Å². The summed E-state index contributed by atoms with van der Waals surface area (Å²) in [6, 6.07) is 3.03. The topological polar surface area (TPSA) is 80.7 Å². The molecule has 0 amide bonds. The normalized spacial score (nSPS) is 12.7. The molecule has 5 nitrogen and oxygen atoms in total. The van der Waals surface area contributed by atoms with E-state index in [0.29, 0.717) is 0 Å². The van der Waals surface area contributed by atoms with E-state index < -0.39 is 21.7 Å². The van der Waals surface area contributed by atoms with E-state index in [1.807, 2.05) is 0 Å². The fraction of sp³-hybridized carbons (Fsp3) is 0.444. The maximum absolute atomic E-state index is 11.7. The molecule has 0 spiro atoms. The largest absolute Gasteiger partial charge is 0.479 e. The fourth-order valence-electron chi connectivity index (χ4n) is 0.897. The molecule has 1 rings (SSSR count). The molecule has 0 fully saturated rings. The Balaban J connectivity index is 3.02. The summed E-state index contributed by atoms with van der Waals surface area (Å²) >= 11 is 1.04. The van der Waals surface area contributed by atoms with Crippen LogP contribution in [0.3, 0.4) is 0 Å². The minimum atomic E-state index is -4.00. The van der Waals surface area contributed by atoms with Crippen LogP contribution in [0.2, 0.25) is 0 Å². The van der Waals surface area contributed by atoms with Crippen LogP contribution < -0.4 is 0 Å². The molecular formula is C9H12O5S2. The SMILES string of the molecule is Cc1ccc(S(=O)(=O)OC(C)(C)C(=O)O)s1. The predicted octanol–water partition coefficient (Wildman–Crippen LogP) is 1.63. The van der Waals surface area contributed by atoms with Crippen molar-refractivity contribution in [1.29, 1.82) is 0 Å². The Kier molecular flexibility index (Phi) is 3.41. The van der Waals surface area contributed by atoms with Gasteiger partial charge in [-0.3, -0.25) is 0 Å². The minimum Gasteiger partial charge on any atom is -0.479 e. The summed E-state index contributed by atoms with van der Waals surface area (Å²) in [6.45, 7) is 4.13. The van der Waals surface area contributed by atoms with Gasteiger partial charge in [-0.2, -0.15) is 8.42 Å². The molecule has 90 valence electrons. The highest BCUT2D eigenvalue weighted by molar-refractivity contribution is 7.89. The second-order valence-corrected chi connectivity index (χ2v) is 6.78. The van der Waals surface area contributed by atoms with E-state index >= 15 is 0 Å². The average molecular weight is 264 g/mol. The number of carboxylic acid groups (broad SMARTS) is 1. The number of carbonyl (C=O) groups is 1. The third kappa shape index (κ3) is 2.81. The lowest BCUT2D eigenvalue weighted by molar-refractivity contribution is -0.151. The van der Waals surface area contributed by atoms with Crippen LogP contribution in [0.5, 0.6) is 0 Å². The number of thiophene rings is 1. The zero-order valence-corrected chi connectivity index (χ0v) is 10.7. The minimum absolute atomic E-state index is 0.0133. The van der Waals surface area contributed by atoms with Gasteiger partial charge in [-0.05, 0) is 32.9 Å². The molecule has 1 N–H and O–H groups in total. The first-order chi connectivity index (χ1) is 7.15. The number of aryl methyl sites for hydroxylation is 1. The van der Waals surface area contributed by atoms with Crippen molar-refractivity contribution in [3.8, 4) is 0 Å². The molecule has 0 aromatic carbocycles. The number of rotatable bonds is 4. The summed E-state index contributed by atoms with van der Waals surface area (Å²) < 4.78 is 28.1. The summed E-state index contributed by atoms with van der Waals surface area (Å²) in [5.74, 6) is -1.33. The van der Waals surface area contributed by atoms with Crippen LogP contribution in [0.1, 0.15) is 18.7 Å². The van der Waals surface area contributed by atoms with E-state index in [4.69, 9.17) is 5.11 Å². The monoisotopic (exact) mass is 264 g/mol. The van der Waals surface area contributed by atoms with Crippen LogP contribution in [-0.2, 0) is 19.1 Å². The summed E-state index contributed by atoms with van der Waals surface area (Å²) in [5, 5.41) is 8.77. The van der Waals surface area contributed by atoms with Gasteiger partial charge in [-0.15, -0.1) is 11.3 Å². The molecule has 0 aliphatic rings. The van der Waals surface area contributed by atoms with E-state index in [0.717, 1.165) is 16.2 Å². The zero-order valence-electron chi connectivity index (χ0n) is 9.05. The van der Waals surface area contributed by atoms with Crippen molar-refractivity contribution < 1.29 is 22.5 Å². The van der Waals surface area contributed by atoms with Crippen molar-refractivity contribution in [3.63, 3.8) is 0 Å². The molecule has 0 unspecified atom stereocenters. The van der Waals surface area contributed by atoms with E-state index in [1.165, 1.54) is 19.9 Å². The smallest absolute Gasteiger partial charge is 0.336 e. The van der Waals surface area contributed by atoms with Crippen molar-refractivity contribution in [3.05, 3.63) is 17.0 Å². The molecule has 0 radical (unpaired) electrons. The Labute approximate surface area is 97.8 Å². The Morgan fingerprint density at radius 1 is 1.44 bits per heavy atom. The molecule has 7 heteroatoms. The summed E-state index contributed by atoms with van der Waals surface area (Å²) in [7, 11) is -4.00. The van der Waals surface area contributed by atoms with Gasteiger partial charge in [0.05, 0.1) is 0 Å². The number of carboxylic acids is 1. The maximum Gasteiger partial charge on any atom is 0.336 e. The van der Waals surface area contributed by atoms with E-state index in [-0.39, 0.29) is 4.21 Å². The molecule has 0 atom stereocenters. The molecule has 1 heterocycles. The van der Waals surface area contributed by atoms with Crippen LogP contribution in [0.4, 0.5) is 0 Å². The molecule has 16 heavy (non-hydrogen) atoms. The van der Waals surface area contributed by atoms with Crippen molar-refractivity contribution in [2.45, 2.75) is 30.6 Å². The highest BCUT2D eigenvalue weighted by atomic mass is 32.3. The lowest BCUT2D eigenvalue weighted by atomic mass is 10.1. The Morgan fingerprint density at radius 2 is 2.00 bits per heavy atom. The van der Waals surface area contributed by atoms with Crippen LogP contribution in [0, 0.1) is 6.92 Å². The molecule has 0 bridgehead atoms. The lowest BCUT2D eigenvalue weighted by Crippen LogP contribution is -2.36. The first-order valence-electron chi connectivity index (χ1n) is 4.40. The summed E-state index contributed by atoms with van der Waals surface area (Å²) in [4.78, 5) is 11.6. The number of hydrogen-bond donors (Lipinski definition) is 1. The summed E-state index contributed by atoms with van der Waals surface area (Å²) in [6.07, 6.45) is 0. The van der Waals surface area contributed by atoms with Gasteiger partial charge in [0.15, 0.2) is 5.60 Å². The molecule has 0 aliphatic heterocycles. The van der Waals surface area contributed by atoms with E-state index in [1.54, 1.807) is 13.0 Å². The molecule has 0 aliphatic carbocycles. The second-order valence-electron chi connectivity index (χ2n) is 3.72. The molecule has 1 aromatic heterocycles. The third-order valence-electron chi connectivity index (χ3n) is 1.80. The van der Waals surface area contributed by atoms with E-state index in [2.05, 4.69) is 4.18 Å². The van der Waals surface area contributed by atoms with Crippen LogP contribution in [0.15, 0.2) is 16.3 Å². The van der Waals surface area contributed by atoms with Gasteiger partial charge < -0.3 is 5.11 Å². The van der Waals surface area contributed by atoms with Gasteiger partial charge >= 0.3 is 16.1 Å². The quantitative estimate of drug-likeness (QED) is 0.836. The molecular weight excluding hydrogens is 252 g/mol. The molecule has 0 saturated heterocycles. The molecule has 1 aromatic rings. The first kappa shape index (κ1) is 13.1. The Morgan fingerprint density at radius 3 is 2.38 bits per heavy atom. The van der Waals surface area contributed by atoms with Gasteiger partial charge in [0.25, 0.3) is 0 Å². The average Bonchev–Trinajstić information content (AvgIpc) is 2.50. The van der Waals surface area contributed by atoms with Crippen LogP contribution >= 0.6 is 11.3 Å². The number of hydrogen-bond acceptors (Lipinski definition) is 5. The summed E-state index contributed by atoms with van der Waals surface area (Å²) in [5.41, 5.74) is -1.77. The predicted molar refractivity (Wildman–Crippen MR) is 59.0 cm³/mol. The lowest BCUT2D eigenvalue weighted by Gasteiger charge is -2.18. The zero-order chi connectivity index (χ0) is 12.6. The highest BCUT2D eigenvalue weighted by Gasteiger charge is 2.35. The maximum atomic E-state index is 11.7. The van der Waals surface area contributed by atoms with E-state index in [9.17, 15) is 13.2 Å². The first-order valence-corrected chi connectivity index (χ1v) is 6.63. The van der Waals surface area contributed by atoms with Crippen LogP contribution in [-0.4, -0.2) is 25.1 Å². The second kappa shape index (κ2) is 4.15. The van der Waals surface area contributed by atoms with Gasteiger partial charge in [0.1, 0.15) is 4.21 Å². The van der Waals surface area contributed by atoms with Crippen molar-refractivity contribution in [2.75, 3.05) is 0 Å². The van der Waals surface area contributed by atoms with Gasteiger partial charge in [0.2, 0.25) is 0 Å². The molecule has 0 saturated carbocycles. The van der Waals surface area contributed by atoms with Gasteiger partial charge in [-0.1, -0.05) is 0 Å². The number of aliphatic carboxylic acids is 1. The third-order valence-corrected chi connectivity index (χ3v) is 4.72. The Hall–Kier alpha value is -0.920. The fourth-order valence-corrected chi connectivity index (χ4v) is 3.33. The van der Waals surface area contributed by atoms with Gasteiger partial charge in [-0.25, -0.2) is 8.98 Å². The highest BCUT2D eigenvalue weighted by Crippen LogP contribution is 2.26. The Bertz CT molecular complexity index is 498. The standard InChI is InChI=1S/C9H12O5S2/c1-6-4-5-7(15-6)16(12,13)14-9(2,3)8(10)11/h4-5H,1-3H3,(H,10,11). The van der Waals surface area contributed by atoms with Crippen molar-refractivity contribution in [2.24, 2.45) is 0 Å².